The lowest BCUT2D eigenvalue weighted by Gasteiger charge is -2.42. The van der Waals surface area contributed by atoms with Crippen molar-refractivity contribution in [3.05, 3.63) is 0 Å². The Morgan fingerprint density at radius 2 is 2.24 bits per heavy atom. The summed E-state index contributed by atoms with van der Waals surface area (Å²) in [6.07, 6.45) is 5.74. The Labute approximate surface area is 102 Å². The zero-order valence-corrected chi connectivity index (χ0v) is 10.3. The molecule has 0 aromatic carbocycles. The van der Waals surface area contributed by atoms with Crippen LogP contribution in [0.2, 0.25) is 0 Å². The quantitative estimate of drug-likeness (QED) is 0.730. The molecule has 0 bridgehead atoms. The predicted octanol–water partition coefficient (Wildman–Crippen LogP) is 0.359. The standard InChI is InChI=1S/C13H22N2O2/c16-8-10-7-15(9-13(10)4-2-5-13)12(17)11-3-1-6-14-11/h10-11,14,16H,1-9H2/t10-,11+/m0/s1. The molecule has 2 atom stereocenters. The van der Waals surface area contributed by atoms with Gasteiger partial charge in [0.1, 0.15) is 0 Å². The number of aliphatic hydroxyl groups excluding tert-OH is 1. The highest BCUT2D eigenvalue weighted by molar-refractivity contribution is 5.82. The first-order valence-corrected chi connectivity index (χ1v) is 6.88. The minimum atomic E-state index is 0.0459. The second-order valence-corrected chi connectivity index (χ2v) is 5.96. The van der Waals surface area contributed by atoms with E-state index in [4.69, 9.17) is 0 Å². The molecule has 17 heavy (non-hydrogen) atoms. The van der Waals surface area contributed by atoms with E-state index in [1.807, 2.05) is 4.90 Å². The van der Waals surface area contributed by atoms with Crippen molar-refractivity contribution < 1.29 is 9.90 Å². The van der Waals surface area contributed by atoms with Crippen LogP contribution in [0, 0.1) is 11.3 Å². The van der Waals surface area contributed by atoms with Crippen molar-refractivity contribution in [2.45, 2.75) is 38.1 Å². The highest BCUT2D eigenvalue weighted by atomic mass is 16.3. The van der Waals surface area contributed by atoms with Gasteiger partial charge in [0.2, 0.25) is 5.91 Å². The van der Waals surface area contributed by atoms with Gasteiger partial charge in [-0.25, -0.2) is 0 Å². The third-order valence-electron chi connectivity index (χ3n) is 5.05. The molecular weight excluding hydrogens is 216 g/mol. The highest BCUT2D eigenvalue weighted by Gasteiger charge is 2.51. The van der Waals surface area contributed by atoms with Crippen molar-refractivity contribution in [3.8, 4) is 0 Å². The van der Waals surface area contributed by atoms with E-state index >= 15 is 0 Å². The van der Waals surface area contributed by atoms with Crippen molar-refractivity contribution >= 4 is 5.91 Å². The molecule has 0 unspecified atom stereocenters. The van der Waals surface area contributed by atoms with Gasteiger partial charge in [0.15, 0.2) is 0 Å². The molecule has 3 aliphatic rings. The molecule has 3 rings (SSSR count). The number of rotatable bonds is 2. The van der Waals surface area contributed by atoms with Crippen molar-refractivity contribution in [2.75, 3.05) is 26.2 Å². The van der Waals surface area contributed by atoms with Gasteiger partial charge in [-0.1, -0.05) is 6.42 Å². The van der Waals surface area contributed by atoms with Gasteiger partial charge in [-0.15, -0.1) is 0 Å². The van der Waals surface area contributed by atoms with E-state index in [-0.39, 0.29) is 24.0 Å². The summed E-state index contributed by atoms with van der Waals surface area (Å²) in [4.78, 5) is 14.3. The molecule has 1 saturated carbocycles. The lowest BCUT2D eigenvalue weighted by Crippen LogP contribution is -2.44. The topological polar surface area (TPSA) is 52.6 Å². The van der Waals surface area contributed by atoms with E-state index in [1.54, 1.807) is 0 Å². The molecule has 4 nitrogen and oxygen atoms in total. The lowest BCUT2D eigenvalue weighted by molar-refractivity contribution is -0.132. The van der Waals surface area contributed by atoms with E-state index < -0.39 is 0 Å². The van der Waals surface area contributed by atoms with E-state index in [0.717, 1.165) is 32.5 Å². The van der Waals surface area contributed by atoms with Gasteiger partial charge in [-0.05, 0) is 37.6 Å². The smallest absolute Gasteiger partial charge is 0.239 e. The predicted molar refractivity (Wildman–Crippen MR) is 64.5 cm³/mol. The maximum absolute atomic E-state index is 12.3. The Bertz CT molecular complexity index is 309. The number of carbonyl (C=O) groups is 1. The Hall–Kier alpha value is -0.610. The van der Waals surface area contributed by atoms with Gasteiger partial charge in [-0.2, -0.15) is 0 Å². The summed E-state index contributed by atoms with van der Waals surface area (Å²) in [7, 11) is 0. The highest BCUT2D eigenvalue weighted by Crippen LogP contribution is 2.51. The molecule has 2 saturated heterocycles. The fourth-order valence-electron chi connectivity index (χ4n) is 3.77. The summed E-state index contributed by atoms with van der Waals surface area (Å²) in [6.45, 7) is 2.86. The van der Waals surface area contributed by atoms with Crippen molar-refractivity contribution in [2.24, 2.45) is 11.3 Å². The van der Waals surface area contributed by atoms with Crippen LogP contribution in [0.3, 0.4) is 0 Å². The molecular formula is C13H22N2O2. The molecule has 96 valence electrons. The van der Waals surface area contributed by atoms with Crippen molar-refractivity contribution in [3.63, 3.8) is 0 Å². The van der Waals surface area contributed by atoms with Crippen LogP contribution in [0.1, 0.15) is 32.1 Å². The second kappa shape index (κ2) is 4.25. The summed E-state index contributed by atoms with van der Waals surface area (Å²) in [5, 5.41) is 12.8. The Kier molecular flexibility index (Phi) is 2.87. The van der Waals surface area contributed by atoms with Crippen LogP contribution in [0.4, 0.5) is 0 Å². The van der Waals surface area contributed by atoms with E-state index in [1.165, 1.54) is 19.3 Å². The van der Waals surface area contributed by atoms with Gasteiger partial charge in [0.25, 0.3) is 0 Å². The average Bonchev–Trinajstić information content (AvgIpc) is 2.94. The zero-order chi connectivity index (χ0) is 11.9. The lowest BCUT2D eigenvalue weighted by atomic mass is 9.63. The Morgan fingerprint density at radius 1 is 1.41 bits per heavy atom. The number of nitrogens with one attached hydrogen (secondary N) is 1. The third kappa shape index (κ3) is 1.78. The van der Waals surface area contributed by atoms with Crippen LogP contribution in [0.25, 0.3) is 0 Å². The van der Waals surface area contributed by atoms with Gasteiger partial charge in [-0.3, -0.25) is 4.79 Å². The molecule has 2 N–H and O–H groups in total. The minimum absolute atomic E-state index is 0.0459. The van der Waals surface area contributed by atoms with E-state index in [2.05, 4.69) is 5.32 Å². The van der Waals surface area contributed by atoms with Crippen LogP contribution in [-0.4, -0.2) is 48.2 Å². The molecule has 2 heterocycles. The first-order valence-electron chi connectivity index (χ1n) is 6.88. The maximum Gasteiger partial charge on any atom is 0.239 e. The van der Waals surface area contributed by atoms with Gasteiger partial charge < -0.3 is 15.3 Å². The third-order valence-corrected chi connectivity index (χ3v) is 5.05. The van der Waals surface area contributed by atoms with Crippen LogP contribution in [0.5, 0.6) is 0 Å². The molecule has 1 amide bonds. The van der Waals surface area contributed by atoms with Crippen molar-refractivity contribution in [1.82, 2.24) is 10.2 Å². The van der Waals surface area contributed by atoms with Gasteiger partial charge in [0, 0.05) is 25.6 Å². The van der Waals surface area contributed by atoms with Gasteiger partial charge in [0.05, 0.1) is 6.04 Å². The fourth-order valence-corrected chi connectivity index (χ4v) is 3.77. The molecule has 1 spiro atoms. The first kappa shape index (κ1) is 11.5. The number of aliphatic hydroxyl groups is 1. The number of amides is 1. The number of hydrogen-bond acceptors (Lipinski definition) is 3. The minimum Gasteiger partial charge on any atom is -0.396 e. The molecule has 3 fully saturated rings. The molecule has 2 aliphatic heterocycles. The molecule has 0 aromatic heterocycles. The Morgan fingerprint density at radius 3 is 2.71 bits per heavy atom. The molecule has 1 aliphatic carbocycles. The summed E-state index contributed by atoms with van der Waals surface area (Å²) < 4.78 is 0. The van der Waals surface area contributed by atoms with Crippen LogP contribution in [0.15, 0.2) is 0 Å². The maximum atomic E-state index is 12.3. The number of hydrogen-bond donors (Lipinski definition) is 2. The normalized spacial score (nSPS) is 35.2. The number of likely N-dealkylation sites (tertiary alicyclic amines) is 1. The fraction of sp³-hybridized carbons (Fsp3) is 0.923. The summed E-state index contributed by atoms with van der Waals surface area (Å²) in [5.41, 5.74) is 0.267. The number of carbonyl (C=O) groups excluding carboxylic acids is 1. The number of nitrogens with zero attached hydrogens (tertiary/aromatic N) is 1. The molecule has 0 aromatic rings. The monoisotopic (exact) mass is 238 g/mol. The molecule has 0 radical (unpaired) electrons. The van der Waals surface area contributed by atoms with Crippen LogP contribution < -0.4 is 5.32 Å². The van der Waals surface area contributed by atoms with E-state index in [9.17, 15) is 9.90 Å². The first-order chi connectivity index (χ1) is 8.25. The van der Waals surface area contributed by atoms with Gasteiger partial charge >= 0.3 is 0 Å². The average molecular weight is 238 g/mol. The summed E-state index contributed by atoms with van der Waals surface area (Å²) in [6, 6.07) is 0.0459. The summed E-state index contributed by atoms with van der Waals surface area (Å²) in [5.74, 6) is 0.589. The second-order valence-electron chi connectivity index (χ2n) is 5.96. The van der Waals surface area contributed by atoms with Crippen LogP contribution in [-0.2, 0) is 4.79 Å². The SMILES string of the molecule is O=C([C@H]1CCCN1)N1C[C@@H](CO)C2(CCC2)C1. The summed E-state index contributed by atoms with van der Waals surface area (Å²) >= 11 is 0. The zero-order valence-electron chi connectivity index (χ0n) is 10.3. The van der Waals surface area contributed by atoms with E-state index in [0.29, 0.717) is 5.92 Å². The Balaban J connectivity index is 1.67. The largest absolute Gasteiger partial charge is 0.396 e. The molecule has 4 heteroatoms. The van der Waals surface area contributed by atoms with Crippen molar-refractivity contribution in [1.29, 1.82) is 0 Å². The van der Waals surface area contributed by atoms with Crippen LogP contribution >= 0.6 is 0 Å².